The second-order valence-electron chi connectivity index (χ2n) is 7.54. The van der Waals surface area contributed by atoms with Gasteiger partial charge in [0.25, 0.3) is 0 Å². The number of nitrogens with zero attached hydrogens (tertiary/aromatic N) is 4. The van der Waals surface area contributed by atoms with Gasteiger partial charge in [-0.05, 0) is 37.1 Å². The minimum atomic E-state index is -4.60. The second-order valence-corrected chi connectivity index (χ2v) is 7.54. The van der Waals surface area contributed by atoms with Gasteiger partial charge in [0, 0.05) is 11.6 Å². The molecule has 0 radical (unpaired) electrons. The van der Waals surface area contributed by atoms with Crippen LogP contribution in [-0.2, 0) is 6.18 Å². The molecule has 0 N–H and O–H groups in total. The first kappa shape index (κ1) is 18.8. The molecule has 3 heterocycles. The summed E-state index contributed by atoms with van der Waals surface area (Å²) in [6.45, 7) is 0. The molecule has 1 saturated carbocycles. The summed E-state index contributed by atoms with van der Waals surface area (Å²) in [5.41, 5.74) is -0.929. The number of hydrogen-bond donors (Lipinski definition) is 0. The highest BCUT2D eigenvalue weighted by atomic mass is 19.4. The van der Waals surface area contributed by atoms with Gasteiger partial charge < -0.3 is 4.42 Å². The molecule has 3 aromatic heterocycles. The molecule has 0 spiro atoms. The van der Waals surface area contributed by atoms with Crippen molar-refractivity contribution in [2.75, 3.05) is 0 Å². The Kier molecular flexibility index (Phi) is 4.34. The van der Waals surface area contributed by atoms with Crippen molar-refractivity contribution in [2.45, 2.75) is 44.3 Å². The molecule has 5 rings (SSSR count). The van der Waals surface area contributed by atoms with Crippen molar-refractivity contribution >= 4 is 21.8 Å². The van der Waals surface area contributed by atoms with E-state index in [1.807, 2.05) is 10.9 Å². The maximum absolute atomic E-state index is 13.0. The van der Waals surface area contributed by atoms with E-state index in [9.17, 15) is 18.0 Å². The molecule has 0 bridgehead atoms. The molecule has 6 nitrogen and oxygen atoms in total. The normalized spacial score (nSPS) is 15.8. The Bertz CT molecular complexity index is 1300. The number of pyridine rings is 1. The van der Waals surface area contributed by atoms with Gasteiger partial charge in [-0.1, -0.05) is 25.3 Å². The number of benzene rings is 1. The van der Waals surface area contributed by atoms with Crippen molar-refractivity contribution in [2.24, 2.45) is 0 Å². The number of aromatic nitrogens is 4. The van der Waals surface area contributed by atoms with Crippen LogP contribution >= 0.6 is 0 Å². The minimum absolute atomic E-state index is 0.151. The first-order valence-corrected chi connectivity index (χ1v) is 9.77. The number of fused-ring (bicyclic) bond motifs is 2. The lowest BCUT2D eigenvalue weighted by Gasteiger charge is -2.21. The fraction of sp³-hybridized carbons (Fsp3) is 0.333. The Morgan fingerprint density at radius 3 is 2.60 bits per heavy atom. The average molecular weight is 414 g/mol. The standard InChI is InChI=1S/C21H17F3N4O2/c22-21(23,24)18-8-4-7-15(25-18)19-26-17-9-12-11-28(13-5-2-1-3-6-13)27-16(12)10-14(17)20(29)30-19/h4,7-11,13H,1-3,5-6H2. The highest BCUT2D eigenvalue weighted by molar-refractivity contribution is 5.94. The van der Waals surface area contributed by atoms with Gasteiger partial charge in [-0.15, -0.1) is 0 Å². The number of hydrogen-bond acceptors (Lipinski definition) is 5. The van der Waals surface area contributed by atoms with Crippen molar-refractivity contribution in [3.8, 4) is 11.6 Å². The zero-order valence-corrected chi connectivity index (χ0v) is 15.8. The predicted molar refractivity (Wildman–Crippen MR) is 104 cm³/mol. The Morgan fingerprint density at radius 2 is 1.83 bits per heavy atom. The lowest BCUT2D eigenvalue weighted by atomic mass is 9.96. The van der Waals surface area contributed by atoms with E-state index in [-0.39, 0.29) is 17.0 Å². The van der Waals surface area contributed by atoms with Crippen LogP contribution in [0.1, 0.15) is 43.8 Å². The van der Waals surface area contributed by atoms with Gasteiger partial charge in [-0.3, -0.25) is 4.68 Å². The summed E-state index contributed by atoms with van der Waals surface area (Å²) >= 11 is 0. The first-order chi connectivity index (χ1) is 14.4. The van der Waals surface area contributed by atoms with Crippen LogP contribution in [0.25, 0.3) is 33.4 Å². The molecule has 1 aliphatic carbocycles. The predicted octanol–water partition coefficient (Wildman–Crippen LogP) is 5.12. The topological polar surface area (TPSA) is 73.8 Å². The van der Waals surface area contributed by atoms with Crippen LogP contribution in [-0.4, -0.2) is 19.7 Å². The van der Waals surface area contributed by atoms with Crippen LogP contribution in [0.15, 0.2) is 45.7 Å². The lowest BCUT2D eigenvalue weighted by molar-refractivity contribution is -0.141. The van der Waals surface area contributed by atoms with E-state index in [1.165, 1.54) is 31.4 Å². The molecule has 1 aliphatic rings. The van der Waals surface area contributed by atoms with E-state index in [2.05, 4.69) is 15.1 Å². The maximum Gasteiger partial charge on any atom is 0.433 e. The van der Waals surface area contributed by atoms with Crippen molar-refractivity contribution in [3.05, 3.63) is 52.6 Å². The van der Waals surface area contributed by atoms with E-state index in [0.717, 1.165) is 24.3 Å². The zero-order valence-electron chi connectivity index (χ0n) is 15.8. The monoisotopic (exact) mass is 414 g/mol. The first-order valence-electron chi connectivity index (χ1n) is 9.77. The minimum Gasteiger partial charge on any atom is -0.401 e. The molecule has 0 amide bonds. The fourth-order valence-electron chi connectivity index (χ4n) is 3.96. The van der Waals surface area contributed by atoms with Crippen LogP contribution in [0.3, 0.4) is 0 Å². The number of alkyl halides is 3. The Morgan fingerprint density at radius 1 is 1.03 bits per heavy atom. The third-order valence-corrected chi connectivity index (χ3v) is 5.48. The third kappa shape index (κ3) is 3.34. The summed E-state index contributed by atoms with van der Waals surface area (Å²) in [6.07, 6.45) is 3.04. The fourth-order valence-corrected chi connectivity index (χ4v) is 3.96. The van der Waals surface area contributed by atoms with Crippen molar-refractivity contribution < 1.29 is 17.6 Å². The lowest BCUT2D eigenvalue weighted by Crippen LogP contribution is -2.12. The van der Waals surface area contributed by atoms with E-state index in [0.29, 0.717) is 17.1 Å². The molecule has 1 fully saturated rings. The summed E-state index contributed by atoms with van der Waals surface area (Å²) in [4.78, 5) is 20.3. The third-order valence-electron chi connectivity index (χ3n) is 5.48. The molecule has 0 aliphatic heterocycles. The SMILES string of the molecule is O=c1oc(-c2cccc(C(F)(F)F)n2)nc2cc3cn(C4CCCCC4)nc3cc12. The van der Waals surface area contributed by atoms with Gasteiger partial charge in [0.2, 0.25) is 5.89 Å². The van der Waals surface area contributed by atoms with Crippen molar-refractivity contribution in [1.82, 2.24) is 19.7 Å². The summed E-state index contributed by atoms with van der Waals surface area (Å²) < 4.78 is 46.0. The molecular weight excluding hydrogens is 397 g/mol. The van der Waals surface area contributed by atoms with Gasteiger partial charge >= 0.3 is 11.8 Å². The van der Waals surface area contributed by atoms with E-state index in [4.69, 9.17) is 4.42 Å². The molecule has 0 saturated heterocycles. The van der Waals surface area contributed by atoms with Crippen LogP contribution in [0, 0.1) is 0 Å². The van der Waals surface area contributed by atoms with E-state index >= 15 is 0 Å². The van der Waals surface area contributed by atoms with Gasteiger partial charge in [0.1, 0.15) is 11.4 Å². The molecule has 4 aromatic rings. The molecule has 0 unspecified atom stereocenters. The van der Waals surface area contributed by atoms with Crippen LogP contribution in [0.2, 0.25) is 0 Å². The Labute approximate surface area is 168 Å². The summed E-state index contributed by atoms with van der Waals surface area (Å²) in [6, 6.07) is 7.05. The maximum atomic E-state index is 13.0. The largest absolute Gasteiger partial charge is 0.433 e. The van der Waals surface area contributed by atoms with E-state index < -0.39 is 17.5 Å². The van der Waals surface area contributed by atoms with Gasteiger partial charge in [-0.2, -0.15) is 18.3 Å². The average Bonchev–Trinajstić information content (AvgIpc) is 3.15. The number of rotatable bonds is 2. The summed E-state index contributed by atoms with van der Waals surface area (Å²) in [5, 5.41) is 5.66. The van der Waals surface area contributed by atoms with Gasteiger partial charge in [0.15, 0.2) is 0 Å². The zero-order chi connectivity index (χ0) is 20.9. The quantitative estimate of drug-likeness (QED) is 0.455. The molecular formula is C21H17F3N4O2. The second kappa shape index (κ2) is 6.93. The summed E-state index contributed by atoms with van der Waals surface area (Å²) in [5.74, 6) is -0.252. The van der Waals surface area contributed by atoms with E-state index in [1.54, 1.807) is 12.1 Å². The van der Waals surface area contributed by atoms with Gasteiger partial charge in [-0.25, -0.2) is 14.8 Å². The highest BCUT2D eigenvalue weighted by Crippen LogP contribution is 2.31. The van der Waals surface area contributed by atoms with Crippen molar-refractivity contribution in [1.29, 1.82) is 0 Å². The molecule has 30 heavy (non-hydrogen) atoms. The number of halogens is 3. The van der Waals surface area contributed by atoms with Crippen LogP contribution in [0.5, 0.6) is 0 Å². The van der Waals surface area contributed by atoms with Gasteiger partial charge in [0.05, 0.1) is 22.5 Å². The Balaban J connectivity index is 1.61. The Hall–Kier alpha value is -3.23. The smallest absolute Gasteiger partial charge is 0.401 e. The molecule has 9 heteroatoms. The van der Waals surface area contributed by atoms with Crippen LogP contribution in [0.4, 0.5) is 13.2 Å². The van der Waals surface area contributed by atoms with Crippen molar-refractivity contribution in [3.63, 3.8) is 0 Å². The van der Waals surface area contributed by atoms with Crippen LogP contribution < -0.4 is 5.63 Å². The molecule has 154 valence electrons. The highest BCUT2D eigenvalue weighted by Gasteiger charge is 2.32. The summed E-state index contributed by atoms with van der Waals surface area (Å²) in [7, 11) is 0. The molecule has 0 atom stereocenters. The molecule has 1 aromatic carbocycles.